The Morgan fingerprint density at radius 3 is 2.91 bits per heavy atom. The number of amides is 1. The van der Waals surface area contributed by atoms with Gasteiger partial charge < -0.3 is 19.3 Å². The summed E-state index contributed by atoms with van der Waals surface area (Å²) < 4.78 is 77.8. The third-order valence-corrected chi connectivity index (χ3v) is 3.34. The number of fused-ring (bicyclic) bond motifs is 1. The van der Waals surface area contributed by atoms with Crippen molar-refractivity contribution in [2.24, 2.45) is 0 Å². The van der Waals surface area contributed by atoms with Gasteiger partial charge in [0.2, 0.25) is 0 Å². The largest absolute Gasteiger partial charge is 0.447 e. The maximum Gasteiger partial charge on any atom is 0.409 e. The predicted molar refractivity (Wildman–Crippen MR) is 87.7 cm³/mol. The number of hydrogen-bond acceptors (Lipinski definition) is 6. The molecule has 3 heterocycles. The molecular formula is C14H18BrN5O3. The van der Waals surface area contributed by atoms with Crippen LogP contribution in [-0.2, 0) is 9.47 Å². The lowest BCUT2D eigenvalue weighted by atomic mass is 10.3. The van der Waals surface area contributed by atoms with Crippen molar-refractivity contribution in [3.63, 3.8) is 0 Å². The van der Waals surface area contributed by atoms with Crippen LogP contribution in [0.4, 0.5) is 10.6 Å². The molecule has 0 radical (unpaired) electrons. The molecule has 124 valence electrons. The summed E-state index contributed by atoms with van der Waals surface area (Å²) in [5.74, 6) is -0.399. The van der Waals surface area contributed by atoms with E-state index in [2.05, 4.69) is 26.0 Å². The van der Waals surface area contributed by atoms with Crippen molar-refractivity contribution < 1.29 is 25.2 Å². The first-order valence-electron chi connectivity index (χ1n) is 10.5. The molecule has 0 aliphatic carbocycles. The first-order valence-corrected chi connectivity index (χ1v) is 7.27. The van der Waals surface area contributed by atoms with Gasteiger partial charge in [-0.05, 0) is 22.0 Å². The predicted octanol–water partition coefficient (Wildman–Crippen LogP) is 1.40. The molecule has 23 heavy (non-hydrogen) atoms. The number of carbonyl (C=O) groups is 1. The average Bonchev–Trinajstić information content (AvgIpc) is 3.01. The highest BCUT2D eigenvalue weighted by atomic mass is 79.9. The fourth-order valence-corrected chi connectivity index (χ4v) is 2.06. The molecule has 0 spiro atoms. The van der Waals surface area contributed by atoms with Crippen LogP contribution in [0.2, 0.25) is 0 Å². The van der Waals surface area contributed by atoms with Gasteiger partial charge >= 0.3 is 6.09 Å². The molecule has 3 rings (SSSR count). The van der Waals surface area contributed by atoms with Crippen molar-refractivity contribution >= 4 is 33.5 Å². The van der Waals surface area contributed by atoms with Gasteiger partial charge in [0.05, 0.1) is 28.2 Å². The zero-order chi connectivity index (χ0) is 23.4. The number of carbonyl (C=O) groups excluding carboxylic acids is 1. The maximum atomic E-state index is 12.5. The molecule has 0 unspecified atom stereocenters. The molecule has 0 aromatic carbocycles. The Bertz CT molecular complexity index is 975. The van der Waals surface area contributed by atoms with E-state index >= 15 is 0 Å². The second-order valence-corrected chi connectivity index (χ2v) is 5.13. The zero-order valence-electron chi connectivity index (χ0n) is 20.0. The van der Waals surface area contributed by atoms with Gasteiger partial charge in [0.15, 0.2) is 5.65 Å². The molecule has 2 aromatic rings. The van der Waals surface area contributed by atoms with Crippen LogP contribution >= 0.6 is 15.9 Å². The van der Waals surface area contributed by atoms with E-state index in [1.165, 1.54) is 30.1 Å². The quantitative estimate of drug-likeness (QED) is 0.733. The Labute approximate surface area is 153 Å². The van der Waals surface area contributed by atoms with E-state index in [0.717, 1.165) is 0 Å². The summed E-state index contributed by atoms with van der Waals surface area (Å²) in [5, 5.41) is 3.98. The standard InChI is InChI=1S/C14H18BrN5O3/c1-22-8-9-23-14(21)19-6-4-18(5-7-19)12-2-3-20-13(17-12)11(15)10-16-20/h2-3,10H,4-9H2,1H3/i4D2,5D2,6D2,7D2. The van der Waals surface area contributed by atoms with Gasteiger partial charge in [0, 0.05) is 39.3 Å². The lowest BCUT2D eigenvalue weighted by Gasteiger charge is -2.34. The number of methoxy groups -OCH3 is 1. The molecule has 1 amide bonds. The van der Waals surface area contributed by atoms with E-state index < -0.39 is 37.9 Å². The monoisotopic (exact) mass is 391 g/mol. The molecule has 1 aliphatic rings. The van der Waals surface area contributed by atoms with Crippen LogP contribution in [0.5, 0.6) is 0 Å². The first-order chi connectivity index (χ1) is 14.2. The van der Waals surface area contributed by atoms with E-state index in [1.54, 1.807) is 0 Å². The Hall–Kier alpha value is -1.87. The van der Waals surface area contributed by atoms with Crippen LogP contribution in [0.3, 0.4) is 0 Å². The topological polar surface area (TPSA) is 72.2 Å². The number of ether oxygens (including phenoxy) is 2. The highest BCUT2D eigenvalue weighted by Gasteiger charge is 2.23. The second kappa shape index (κ2) is 7.14. The number of piperazine rings is 1. The van der Waals surface area contributed by atoms with E-state index in [0.29, 0.717) is 4.47 Å². The summed E-state index contributed by atoms with van der Waals surface area (Å²) in [5.41, 5.74) is 0.173. The molecule has 1 fully saturated rings. The van der Waals surface area contributed by atoms with E-state index in [1.807, 2.05) is 0 Å². The van der Waals surface area contributed by atoms with Crippen LogP contribution in [0, 0.1) is 0 Å². The van der Waals surface area contributed by atoms with Gasteiger partial charge in [0.1, 0.15) is 12.4 Å². The fraction of sp³-hybridized carbons (Fsp3) is 0.500. The number of halogens is 1. The minimum atomic E-state index is -3.36. The number of nitrogens with zero attached hydrogens (tertiary/aromatic N) is 5. The van der Waals surface area contributed by atoms with E-state index in [9.17, 15) is 4.79 Å². The normalized spacial score (nSPS) is 29.1. The SMILES string of the molecule is [2H]C1([2H])N(C(=O)OCCOC)C([2H])([2H])C([2H])([2H])N(c2ccn3ncc(Br)c3n2)C1([2H])[2H]. The van der Waals surface area contributed by atoms with Crippen LogP contribution in [0.25, 0.3) is 5.65 Å². The molecular weight excluding hydrogens is 366 g/mol. The van der Waals surface area contributed by atoms with Crippen LogP contribution in [0.15, 0.2) is 22.9 Å². The lowest BCUT2D eigenvalue weighted by Crippen LogP contribution is -2.49. The second-order valence-electron chi connectivity index (χ2n) is 4.27. The number of rotatable bonds is 4. The zero-order valence-corrected chi connectivity index (χ0v) is 13.6. The van der Waals surface area contributed by atoms with Gasteiger partial charge in [-0.3, -0.25) is 0 Å². The highest BCUT2D eigenvalue weighted by molar-refractivity contribution is 9.10. The maximum absolute atomic E-state index is 12.5. The molecule has 9 heteroatoms. The minimum Gasteiger partial charge on any atom is -0.447 e. The number of anilines is 1. The van der Waals surface area contributed by atoms with Crippen LogP contribution in [0.1, 0.15) is 11.0 Å². The molecule has 0 N–H and O–H groups in total. The van der Waals surface area contributed by atoms with Crippen molar-refractivity contribution in [2.75, 3.05) is 51.2 Å². The summed E-state index contributed by atoms with van der Waals surface area (Å²) in [7, 11) is 1.32. The van der Waals surface area contributed by atoms with Gasteiger partial charge in [0.25, 0.3) is 0 Å². The van der Waals surface area contributed by atoms with E-state index in [4.69, 9.17) is 20.4 Å². The number of aromatic nitrogens is 3. The molecule has 0 bridgehead atoms. The third kappa shape index (κ3) is 3.56. The molecule has 0 atom stereocenters. The first kappa shape index (κ1) is 8.84. The van der Waals surface area contributed by atoms with Crippen molar-refractivity contribution in [2.45, 2.75) is 0 Å². The molecule has 2 aromatic heterocycles. The molecule has 8 nitrogen and oxygen atoms in total. The third-order valence-electron chi connectivity index (χ3n) is 2.78. The van der Waals surface area contributed by atoms with Crippen molar-refractivity contribution in [1.82, 2.24) is 19.5 Å². The summed E-state index contributed by atoms with van der Waals surface area (Å²) >= 11 is 3.21. The Balaban J connectivity index is 2.14. The van der Waals surface area contributed by atoms with Gasteiger partial charge in [-0.1, -0.05) is 0 Å². The summed E-state index contributed by atoms with van der Waals surface area (Å²) in [6.45, 7) is -13.7. The molecule has 1 aliphatic heterocycles. The minimum absolute atomic E-state index is 0.0678. The summed E-state index contributed by atoms with van der Waals surface area (Å²) in [4.78, 5) is 16.7. The lowest BCUT2D eigenvalue weighted by molar-refractivity contribution is 0.0705. The Kier molecular flexibility index (Phi) is 2.74. The summed E-state index contributed by atoms with van der Waals surface area (Å²) in [6, 6.07) is 1.17. The molecule has 0 saturated carbocycles. The van der Waals surface area contributed by atoms with E-state index in [-0.39, 0.29) is 28.7 Å². The Morgan fingerprint density at radius 1 is 1.39 bits per heavy atom. The average molecular weight is 392 g/mol. The molecule has 1 saturated heterocycles. The van der Waals surface area contributed by atoms with Gasteiger partial charge in [-0.2, -0.15) is 5.10 Å². The number of hydrogen-bond donors (Lipinski definition) is 0. The van der Waals surface area contributed by atoms with Crippen molar-refractivity contribution in [3.8, 4) is 0 Å². The van der Waals surface area contributed by atoms with Gasteiger partial charge in [-0.15, -0.1) is 0 Å². The Morgan fingerprint density at radius 2 is 2.17 bits per heavy atom. The van der Waals surface area contributed by atoms with Gasteiger partial charge in [-0.25, -0.2) is 14.3 Å². The van der Waals surface area contributed by atoms with Crippen LogP contribution < -0.4 is 4.90 Å². The smallest absolute Gasteiger partial charge is 0.409 e. The van der Waals surface area contributed by atoms with Crippen molar-refractivity contribution in [1.29, 1.82) is 0 Å². The summed E-state index contributed by atoms with van der Waals surface area (Å²) in [6.07, 6.45) is 1.17. The highest BCUT2D eigenvalue weighted by Crippen LogP contribution is 2.20. The van der Waals surface area contributed by atoms with Crippen molar-refractivity contribution in [3.05, 3.63) is 22.9 Å². The fourth-order valence-electron chi connectivity index (χ4n) is 1.69. The van der Waals surface area contributed by atoms with Crippen LogP contribution in [-0.4, -0.2) is 71.9 Å².